The number of aliphatic hydroxyl groups is 1. The lowest BCUT2D eigenvalue weighted by Gasteiger charge is -2.21. The zero-order chi connectivity index (χ0) is 9.68. The van der Waals surface area contributed by atoms with Crippen LogP contribution in [-0.4, -0.2) is 24.3 Å². The van der Waals surface area contributed by atoms with E-state index in [0.29, 0.717) is 18.6 Å². The van der Waals surface area contributed by atoms with Gasteiger partial charge in [0.25, 0.3) is 0 Å². The van der Waals surface area contributed by atoms with E-state index < -0.39 is 0 Å². The second-order valence-corrected chi connectivity index (χ2v) is 4.55. The van der Waals surface area contributed by atoms with E-state index in [9.17, 15) is 0 Å². The molecule has 13 heavy (non-hydrogen) atoms. The summed E-state index contributed by atoms with van der Waals surface area (Å²) in [7, 11) is 0. The van der Waals surface area contributed by atoms with E-state index in [0.717, 1.165) is 18.9 Å². The van der Waals surface area contributed by atoms with Gasteiger partial charge in [-0.3, -0.25) is 0 Å². The molecule has 0 aromatic heterocycles. The quantitative estimate of drug-likeness (QED) is 0.633. The molecule has 1 fully saturated rings. The summed E-state index contributed by atoms with van der Waals surface area (Å²) in [5.41, 5.74) is 0. The lowest BCUT2D eigenvalue weighted by molar-refractivity contribution is 0.244. The lowest BCUT2D eigenvalue weighted by Crippen LogP contribution is -2.35. The molecule has 0 spiro atoms. The summed E-state index contributed by atoms with van der Waals surface area (Å²) < 4.78 is 0. The van der Waals surface area contributed by atoms with Crippen LogP contribution >= 0.6 is 0 Å². The molecule has 2 N–H and O–H groups in total. The Morgan fingerprint density at radius 1 is 1.38 bits per heavy atom. The van der Waals surface area contributed by atoms with E-state index in [1.54, 1.807) is 0 Å². The van der Waals surface area contributed by atoms with E-state index >= 15 is 0 Å². The summed E-state index contributed by atoms with van der Waals surface area (Å²) in [6, 6.07) is 0.503. The van der Waals surface area contributed by atoms with Gasteiger partial charge in [0.15, 0.2) is 0 Å². The lowest BCUT2D eigenvalue weighted by atomic mass is 10.0. The summed E-state index contributed by atoms with van der Waals surface area (Å²) in [5.74, 6) is 1.64. The number of nitrogens with one attached hydrogen (secondary N) is 1. The van der Waals surface area contributed by atoms with Crippen LogP contribution in [0.4, 0.5) is 0 Å². The maximum atomic E-state index is 8.87. The average Bonchev–Trinajstić information content (AvgIpc) is 2.86. The van der Waals surface area contributed by atoms with Gasteiger partial charge in [0.1, 0.15) is 0 Å². The monoisotopic (exact) mass is 185 g/mol. The first-order valence-electron chi connectivity index (χ1n) is 5.58. The van der Waals surface area contributed by atoms with E-state index in [1.807, 2.05) is 0 Å². The fraction of sp³-hybridized carbons (Fsp3) is 1.00. The van der Waals surface area contributed by atoms with Gasteiger partial charge in [0.2, 0.25) is 0 Å². The first kappa shape index (κ1) is 11.0. The SMILES string of the molecule is CC(C)C(CCO)NCCC1CC1. The molecule has 0 heterocycles. The zero-order valence-corrected chi connectivity index (χ0v) is 8.92. The van der Waals surface area contributed by atoms with Crippen LogP contribution < -0.4 is 5.32 Å². The maximum Gasteiger partial charge on any atom is 0.0445 e. The topological polar surface area (TPSA) is 32.3 Å². The van der Waals surface area contributed by atoms with Crippen LogP contribution in [0.25, 0.3) is 0 Å². The largest absolute Gasteiger partial charge is 0.396 e. The minimum atomic E-state index is 0.305. The van der Waals surface area contributed by atoms with E-state index in [2.05, 4.69) is 19.2 Å². The van der Waals surface area contributed by atoms with Gasteiger partial charge in [0, 0.05) is 12.6 Å². The molecule has 0 aliphatic heterocycles. The molecule has 0 radical (unpaired) electrons. The van der Waals surface area contributed by atoms with Crippen molar-refractivity contribution in [3.05, 3.63) is 0 Å². The summed E-state index contributed by atoms with van der Waals surface area (Å²) >= 11 is 0. The second-order valence-electron chi connectivity index (χ2n) is 4.55. The van der Waals surface area contributed by atoms with Crippen molar-refractivity contribution in [3.63, 3.8) is 0 Å². The summed E-state index contributed by atoms with van der Waals surface area (Å²) in [5, 5.41) is 12.4. The molecular weight excluding hydrogens is 162 g/mol. The predicted molar refractivity (Wildman–Crippen MR) is 55.7 cm³/mol. The Bertz CT molecular complexity index is 132. The molecule has 2 nitrogen and oxygen atoms in total. The fourth-order valence-electron chi connectivity index (χ4n) is 1.69. The Balaban J connectivity index is 2.05. The van der Waals surface area contributed by atoms with Gasteiger partial charge >= 0.3 is 0 Å². The third-order valence-corrected chi connectivity index (χ3v) is 2.90. The molecule has 1 unspecified atom stereocenters. The van der Waals surface area contributed by atoms with Crippen LogP contribution in [-0.2, 0) is 0 Å². The van der Waals surface area contributed by atoms with E-state index in [-0.39, 0.29) is 0 Å². The fourth-order valence-corrected chi connectivity index (χ4v) is 1.69. The zero-order valence-electron chi connectivity index (χ0n) is 8.92. The number of aliphatic hydroxyl groups excluding tert-OH is 1. The van der Waals surface area contributed by atoms with Crippen LogP contribution in [0.15, 0.2) is 0 Å². The van der Waals surface area contributed by atoms with Crippen LogP contribution in [0.2, 0.25) is 0 Å². The van der Waals surface area contributed by atoms with Gasteiger partial charge in [-0.15, -0.1) is 0 Å². The molecule has 0 bridgehead atoms. The molecule has 0 aromatic carbocycles. The maximum absolute atomic E-state index is 8.87. The molecule has 0 aromatic rings. The normalized spacial score (nSPS) is 19.4. The van der Waals surface area contributed by atoms with Gasteiger partial charge < -0.3 is 10.4 Å². The number of rotatable bonds is 7. The molecule has 1 saturated carbocycles. The third kappa shape index (κ3) is 4.63. The first-order chi connectivity index (χ1) is 6.24. The molecule has 1 aliphatic carbocycles. The summed E-state index contributed by atoms with van der Waals surface area (Å²) in [4.78, 5) is 0. The Hall–Kier alpha value is -0.0800. The Morgan fingerprint density at radius 2 is 2.08 bits per heavy atom. The molecule has 0 saturated heterocycles. The molecular formula is C11H23NO. The molecule has 1 aliphatic rings. The van der Waals surface area contributed by atoms with Gasteiger partial charge in [-0.25, -0.2) is 0 Å². The highest BCUT2D eigenvalue weighted by Gasteiger charge is 2.21. The van der Waals surface area contributed by atoms with Crippen molar-refractivity contribution < 1.29 is 5.11 Å². The van der Waals surface area contributed by atoms with Gasteiger partial charge in [-0.2, -0.15) is 0 Å². The average molecular weight is 185 g/mol. The minimum Gasteiger partial charge on any atom is -0.396 e. The van der Waals surface area contributed by atoms with Crippen molar-refractivity contribution in [1.82, 2.24) is 5.32 Å². The van der Waals surface area contributed by atoms with Gasteiger partial charge in [-0.05, 0) is 31.2 Å². The molecule has 1 rings (SSSR count). The first-order valence-corrected chi connectivity index (χ1v) is 5.58. The molecule has 78 valence electrons. The van der Waals surface area contributed by atoms with Crippen molar-refractivity contribution in [1.29, 1.82) is 0 Å². The van der Waals surface area contributed by atoms with Crippen molar-refractivity contribution in [2.45, 2.75) is 45.6 Å². The van der Waals surface area contributed by atoms with Crippen molar-refractivity contribution in [3.8, 4) is 0 Å². The van der Waals surface area contributed by atoms with Crippen LogP contribution in [0.5, 0.6) is 0 Å². The standard InChI is InChI=1S/C11H23NO/c1-9(2)11(6-8-13)12-7-5-10-3-4-10/h9-13H,3-8H2,1-2H3. The van der Waals surface area contributed by atoms with E-state index in [4.69, 9.17) is 5.11 Å². The Morgan fingerprint density at radius 3 is 2.54 bits per heavy atom. The number of hydrogen-bond acceptors (Lipinski definition) is 2. The van der Waals surface area contributed by atoms with Crippen molar-refractivity contribution in [2.75, 3.05) is 13.2 Å². The highest BCUT2D eigenvalue weighted by molar-refractivity contribution is 4.76. The third-order valence-electron chi connectivity index (χ3n) is 2.90. The van der Waals surface area contributed by atoms with E-state index in [1.165, 1.54) is 19.3 Å². The van der Waals surface area contributed by atoms with Crippen LogP contribution in [0.3, 0.4) is 0 Å². The predicted octanol–water partition coefficient (Wildman–Crippen LogP) is 1.78. The molecule has 2 heteroatoms. The van der Waals surface area contributed by atoms with Crippen molar-refractivity contribution in [2.24, 2.45) is 11.8 Å². The summed E-state index contributed by atoms with van der Waals surface area (Å²) in [6.07, 6.45) is 5.10. The van der Waals surface area contributed by atoms with Crippen molar-refractivity contribution >= 4 is 0 Å². The smallest absolute Gasteiger partial charge is 0.0445 e. The second kappa shape index (κ2) is 5.61. The Kier molecular flexibility index (Phi) is 4.74. The van der Waals surface area contributed by atoms with Crippen LogP contribution in [0, 0.1) is 11.8 Å². The highest BCUT2D eigenvalue weighted by atomic mass is 16.3. The Labute approximate surface area is 81.7 Å². The minimum absolute atomic E-state index is 0.305. The molecule has 1 atom stereocenters. The molecule has 0 amide bonds. The van der Waals surface area contributed by atoms with Gasteiger partial charge in [0.05, 0.1) is 0 Å². The summed E-state index contributed by atoms with van der Waals surface area (Å²) in [6.45, 7) is 5.86. The van der Waals surface area contributed by atoms with Gasteiger partial charge in [-0.1, -0.05) is 26.7 Å². The number of hydrogen-bond donors (Lipinski definition) is 2. The van der Waals surface area contributed by atoms with Crippen LogP contribution in [0.1, 0.15) is 39.5 Å². The highest BCUT2D eigenvalue weighted by Crippen LogP contribution is 2.31.